The number of carbonyl (C=O) groups is 2. The number of nitro groups is 1. The molecule has 1 aromatic rings. The molecule has 1 N–H and O–H groups in total. The number of non-ortho nitro benzene ring substituents is 1. The molecule has 0 aromatic heterocycles. The van der Waals surface area contributed by atoms with E-state index in [1.54, 1.807) is 0 Å². The monoisotopic (exact) mass is 438 g/mol. The first kappa shape index (κ1) is 24.2. The molecule has 0 heterocycles. The van der Waals surface area contributed by atoms with Crippen LogP contribution in [0, 0.1) is 16.0 Å². The lowest BCUT2D eigenvalue weighted by Gasteiger charge is -2.22. The highest BCUT2D eigenvalue weighted by molar-refractivity contribution is 5.85. The number of esters is 1. The average molecular weight is 438 g/mol. The van der Waals surface area contributed by atoms with E-state index in [-0.39, 0.29) is 35.0 Å². The molecule has 172 valence electrons. The lowest BCUT2D eigenvalue weighted by Crippen LogP contribution is -2.45. The third kappa shape index (κ3) is 7.01. The van der Waals surface area contributed by atoms with Gasteiger partial charge < -0.3 is 24.3 Å². The number of hydrogen-bond donors (Lipinski definition) is 1. The summed E-state index contributed by atoms with van der Waals surface area (Å²) in [5.41, 5.74) is -0.239. The fourth-order valence-corrected chi connectivity index (χ4v) is 3.43. The van der Waals surface area contributed by atoms with Crippen LogP contribution < -0.4 is 19.5 Å². The predicted molar refractivity (Wildman–Crippen MR) is 111 cm³/mol. The predicted octanol–water partition coefficient (Wildman–Crippen LogP) is 3.01. The van der Waals surface area contributed by atoms with Gasteiger partial charge in [0.15, 0.2) is 18.1 Å². The minimum atomic E-state index is -0.780. The van der Waals surface area contributed by atoms with E-state index in [0.29, 0.717) is 6.42 Å². The molecule has 1 aliphatic carbocycles. The molecule has 0 unspecified atom stereocenters. The fraction of sp³-hybridized carbons (Fsp3) is 0.619. The Balaban J connectivity index is 2.05. The highest BCUT2D eigenvalue weighted by atomic mass is 16.6. The Morgan fingerprint density at radius 1 is 1.16 bits per heavy atom. The van der Waals surface area contributed by atoms with Gasteiger partial charge in [-0.3, -0.25) is 14.9 Å². The number of carbonyl (C=O) groups excluding carboxylic acids is 2. The van der Waals surface area contributed by atoms with Gasteiger partial charge in [-0.2, -0.15) is 0 Å². The molecule has 1 amide bonds. The van der Waals surface area contributed by atoms with E-state index in [9.17, 15) is 19.7 Å². The SMILES string of the molecule is COc1cc([N+](=O)[O-])cc(OC)c1OCC(=O)N[C@@H](CC(C)C)C(=O)OC1CCCC1. The van der Waals surface area contributed by atoms with Crippen molar-refractivity contribution in [3.05, 3.63) is 22.2 Å². The maximum atomic E-state index is 12.6. The standard InChI is InChI=1S/C21H30N2O8/c1-13(2)9-16(21(25)31-15-7-5-6-8-15)22-19(24)12-30-20-17(28-3)10-14(23(26)27)11-18(20)29-4/h10-11,13,15-16H,5-9,12H2,1-4H3,(H,22,24)/t16-/m0/s1. The van der Waals surface area contributed by atoms with Crippen LogP contribution in [0.4, 0.5) is 5.69 Å². The van der Waals surface area contributed by atoms with Crippen LogP contribution in [0.1, 0.15) is 46.0 Å². The number of benzene rings is 1. The van der Waals surface area contributed by atoms with Crippen LogP contribution in [0.15, 0.2) is 12.1 Å². The van der Waals surface area contributed by atoms with Crippen molar-refractivity contribution in [2.45, 2.75) is 58.1 Å². The summed E-state index contributed by atoms with van der Waals surface area (Å²) in [6.45, 7) is 3.46. The average Bonchev–Trinajstić information content (AvgIpc) is 3.23. The second-order valence-corrected chi connectivity index (χ2v) is 7.82. The number of nitrogens with zero attached hydrogens (tertiary/aromatic N) is 1. The lowest BCUT2D eigenvalue weighted by atomic mass is 10.0. The normalized spacial score (nSPS) is 14.7. The van der Waals surface area contributed by atoms with Crippen LogP contribution >= 0.6 is 0 Å². The Morgan fingerprint density at radius 2 is 1.74 bits per heavy atom. The Labute approximate surface area is 181 Å². The van der Waals surface area contributed by atoms with Gasteiger partial charge in [0.2, 0.25) is 5.75 Å². The second-order valence-electron chi connectivity index (χ2n) is 7.82. The molecule has 1 fully saturated rings. The number of methoxy groups -OCH3 is 2. The molecule has 0 saturated heterocycles. The first-order valence-corrected chi connectivity index (χ1v) is 10.3. The van der Waals surface area contributed by atoms with Gasteiger partial charge >= 0.3 is 5.97 Å². The molecule has 31 heavy (non-hydrogen) atoms. The summed E-state index contributed by atoms with van der Waals surface area (Å²) in [6.07, 6.45) is 4.09. The van der Waals surface area contributed by atoms with Gasteiger partial charge in [0.05, 0.1) is 31.3 Å². The van der Waals surface area contributed by atoms with Gasteiger partial charge in [0.25, 0.3) is 11.6 Å². The number of nitrogens with one attached hydrogen (secondary N) is 1. The zero-order chi connectivity index (χ0) is 23.0. The number of hydrogen-bond acceptors (Lipinski definition) is 8. The van der Waals surface area contributed by atoms with Crippen molar-refractivity contribution in [3.63, 3.8) is 0 Å². The summed E-state index contributed by atoms with van der Waals surface area (Å²) in [5.74, 6) is -0.649. The summed E-state index contributed by atoms with van der Waals surface area (Å²) in [7, 11) is 2.65. The van der Waals surface area contributed by atoms with E-state index >= 15 is 0 Å². The van der Waals surface area contributed by atoms with Crippen molar-refractivity contribution in [2.75, 3.05) is 20.8 Å². The Morgan fingerprint density at radius 3 is 2.23 bits per heavy atom. The van der Waals surface area contributed by atoms with E-state index in [0.717, 1.165) is 25.7 Å². The molecular formula is C21H30N2O8. The number of rotatable bonds is 11. The van der Waals surface area contributed by atoms with Crippen LogP contribution in [0.5, 0.6) is 17.2 Å². The van der Waals surface area contributed by atoms with E-state index in [2.05, 4.69) is 5.32 Å². The molecule has 2 rings (SSSR count). The summed E-state index contributed by atoms with van der Waals surface area (Å²) in [5, 5.41) is 13.7. The molecule has 10 heteroatoms. The lowest BCUT2D eigenvalue weighted by molar-refractivity contribution is -0.385. The van der Waals surface area contributed by atoms with Gasteiger partial charge in [0, 0.05) is 0 Å². The van der Waals surface area contributed by atoms with E-state index < -0.39 is 29.4 Å². The van der Waals surface area contributed by atoms with Crippen LogP contribution in [-0.2, 0) is 14.3 Å². The topological polar surface area (TPSA) is 126 Å². The molecule has 1 saturated carbocycles. The number of amides is 1. The second kappa shape index (κ2) is 11.4. The first-order valence-electron chi connectivity index (χ1n) is 10.3. The molecule has 0 bridgehead atoms. The number of ether oxygens (including phenoxy) is 4. The van der Waals surface area contributed by atoms with Crippen LogP contribution in [0.2, 0.25) is 0 Å². The molecule has 0 aliphatic heterocycles. The Kier molecular flexibility index (Phi) is 8.89. The minimum absolute atomic E-state index is 0.0539. The van der Waals surface area contributed by atoms with Crippen molar-refractivity contribution >= 4 is 17.6 Å². The summed E-state index contributed by atoms with van der Waals surface area (Å²) in [4.78, 5) is 35.5. The van der Waals surface area contributed by atoms with Crippen LogP contribution in [-0.4, -0.2) is 49.8 Å². The third-order valence-corrected chi connectivity index (χ3v) is 4.92. The zero-order valence-electron chi connectivity index (χ0n) is 18.3. The Hall–Kier alpha value is -3.04. The number of nitro benzene ring substituents is 1. The third-order valence-electron chi connectivity index (χ3n) is 4.92. The highest BCUT2D eigenvalue weighted by Gasteiger charge is 2.28. The van der Waals surface area contributed by atoms with Crippen LogP contribution in [0.3, 0.4) is 0 Å². The van der Waals surface area contributed by atoms with Gasteiger partial charge in [0.1, 0.15) is 12.1 Å². The van der Waals surface area contributed by atoms with Crippen molar-refractivity contribution in [1.29, 1.82) is 0 Å². The van der Waals surface area contributed by atoms with Crippen molar-refractivity contribution in [2.24, 2.45) is 5.92 Å². The Bertz CT molecular complexity index is 765. The van der Waals surface area contributed by atoms with E-state index in [4.69, 9.17) is 18.9 Å². The molecule has 1 aromatic carbocycles. The molecular weight excluding hydrogens is 408 g/mol. The zero-order valence-corrected chi connectivity index (χ0v) is 18.3. The molecule has 0 spiro atoms. The maximum absolute atomic E-state index is 12.6. The van der Waals surface area contributed by atoms with Gasteiger partial charge in [-0.1, -0.05) is 13.8 Å². The fourth-order valence-electron chi connectivity index (χ4n) is 3.43. The largest absolute Gasteiger partial charge is 0.492 e. The van der Waals surface area contributed by atoms with Crippen LogP contribution in [0.25, 0.3) is 0 Å². The summed E-state index contributed by atoms with van der Waals surface area (Å²) >= 11 is 0. The molecule has 10 nitrogen and oxygen atoms in total. The van der Waals surface area contributed by atoms with Crippen molar-refractivity contribution in [3.8, 4) is 17.2 Å². The molecule has 1 aliphatic rings. The maximum Gasteiger partial charge on any atom is 0.328 e. The van der Waals surface area contributed by atoms with Gasteiger partial charge in [-0.05, 0) is 38.0 Å². The quantitative estimate of drug-likeness (QED) is 0.317. The highest BCUT2D eigenvalue weighted by Crippen LogP contribution is 2.40. The summed E-state index contributed by atoms with van der Waals surface area (Å²) in [6, 6.07) is 1.57. The summed E-state index contributed by atoms with van der Waals surface area (Å²) < 4.78 is 21.4. The van der Waals surface area contributed by atoms with E-state index in [1.165, 1.54) is 26.4 Å². The van der Waals surface area contributed by atoms with E-state index in [1.807, 2.05) is 13.8 Å². The molecule has 1 atom stereocenters. The minimum Gasteiger partial charge on any atom is -0.492 e. The van der Waals surface area contributed by atoms with Gasteiger partial charge in [-0.25, -0.2) is 4.79 Å². The molecule has 0 radical (unpaired) electrons. The van der Waals surface area contributed by atoms with Gasteiger partial charge in [-0.15, -0.1) is 0 Å². The smallest absolute Gasteiger partial charge is 0.328 e. The first-order chi connectivity index (χ1) is 14.7. The van der Waals surface area contributed by atoms with Crippen molar-refractivity contribution in [1.82, 2.24) is 5.32 Å². The van der Waals surface area contributed by atoms with Crippen molar-refractivity contribution < 1.29 is 33.5 Å².